The lowest BCUT2D eigenvalue weighted by Crippen LogP contribution is -2.39. The van der Waals surface area contributed by atoms with Crippen LogP contribution in [0.1, 0.15) is 20.3 Å². The number of hydrogen-bond acceptors (Lipinski definition) is 1. The summed E-state index contributed by atoms with van der Waals surface area (Å²) in [5, 5.41) is 0. The second-order valence-electron chi connectivity index (χ2n) is 4.15. The molecule has 0 aromatic heterocycles. The molecule has 0 aromatic carbocycles. The van der Waals surface area contributed by atoms with Crippen molar-refractivity contribution in [2.45, 2.75) is 37.3 Å². The van der Waals surface area contributed by atoms with E-state index in [0.29, 0.717) is 5.92 Å². The first-order valence-corrected chi connectivity index (χ1v) is 5.67. The summed E-state index contributed by atoms with van der Waals surface area (Å²) in [7, 11) is 0. The summed E-state index contributed by atoms with van der Waals surface area (Å²) >= 11 is 2.69. The zero-order chi connectivity index (χ0) is 10.9. The van der Waals surface area contributed by atoms with E-state index in [9.17, 15) is 13.2 Å². The minimum atomic E-state index is -4.13. The summed E-state index contributed by atoms with van der Waals surface area (Å²) in [6.07, 6.45) is -3.14. The van der Waals surface area contributed by atoms with Gasteiger partial charge in [0.1, 0.15) is 4.83 Å². The van der Waals surface area contributed by atoms with E-state index in [0.717, 1.165) is 13.0 Å². The molecule has 0 amide bonds. The predicted octanol–water partition coefficient (Wildman–Crippen LogP) is 3.04. The summed E-state index contributed by atoms with van der Waals surface area (Å²) in [5.74, 6) is 0.512. The van der Waals surface area contributed by atoms with Crippen molar-refractivity contribution in [3.63, 3.8) is 0 Å². The number of rotatable bonds is 2. The molecule has 0 bridgehead atoms. The molecule has 14 heavy (non-hydrogen) atoms. The summed E-state index contributed by atoms with van der Waals surface area (Å²) in [6, 6.07) is 0.271. The second-order valence-corrected chi connectivity index (χ2v) is 5.26. The molecule has 1 saturated heterocycles. The Morgan fingerprint density at radius 2 is 2.00 bits per heavy atom. The Labute approximate surface area is 90.8 Å². The third kappa shape index (κ3) is 3.12. The van der Waals surface area contributed by atoms with E-state index in [1.807, 2.05) is 11.8 Å². The lowest BCUT2D eigenvalue weighted by Gasteiger charge is -2.25. The van der Waals surface area contributed by atoms with Gasteiger partial charge in [-0.1, -0.05) is 22.9 Å². The molecule has 84 valence electrons. The monoisotopic (exact) mass is 273 g/mol. The van der Waals surface area contributed by atoms with Gasteiger partial charge in [0.2, 0.25) is 0 Å². The first kappa shape index (κ1) is 12.3. The van der Waals surface area contributed by atoms with Gasteiger partial charge >= 0.3 is 6.18 Å². The molecule has 0 saturated carbocycles. The maximum atomic E-state index is 12.3. The van der Waals surface area contributed by atoms with Crippen LogP contribution in [0.5, 0.6) is 0 Å². The Kier molecular flexibility index (Phi) is 3.86. The van der Waals surface area contributed by atoms with Gasteiger partial charge in [0.15, 0.2) is 0 Å². The molecule has 1 nitrogen and oxygen atoms in total. The van der Waals surface area contributed by atoms with Gasteiger partial charge in [0.05, 0.1) is 0 Å². The lowest BCUT2D eigenvalue weighted by atomic mass is 10.1. The van der Waals surface area contributed by atoms with Crippen LogP contribution in [0.25, 0.3) is 0 Å². The van der Waals surface area contributed by atoms with Gasteiger partial charge in [0, 0.05) is 19.1 Å². The minimum absolute atomic E-state index is 0.0645. The van der Waals surface area contributed by atoms with Crippen molar-refractivity contribution in [3.8, 4) is 0 Å². The molecular weight excluding hydrogens is 259 g/mol. The molecule has 1 heterocycles. The summed E-state index contributed by atoms with van der Waals surface area (Å²) in [5.41, 5.74) is 0. The largest absolute Gasteiger partial charge is 0.402 e. The predicted molar refractivity (Wildman–Crippen MR) is 53.6 cm³/mol. The Balaban J connectivity index is 2.45. The molecule has 0 N–H and O–H groups in total. The highest BCUT2D eigenvalue weighted by atomic mass is 79.9. The van der Waals surface area contributed by atoms with Crippen LogP contribution in [0.2, 0.25) is 0 Å². The molecule has 0 spiro atoms. The van der Waals surface area contributed by atoms with Crippen molar-refractivity contribution in [1.29, 1.82) is 0 Å². The van der Waals surface area contributed by atoms with Crippen LogP contribution in [0.3, 0.4) is 0 Å². The van der Waals surface area contributed by atoms with Crippen molar-refractivity contribution in [2.24, 2.45) is 5.92 Å². The topological polar surface area (TPSA) is 3.24 Å². The second kappa shape index (κ2) is 4.39. The Morgan fingerprint density at radius 1 is 1.43 bits per heavy atom. The molecule has 1 aliphatic heterocycles. The molecule has 1 aliphatic rings. The van der Waals surface area contributed by atoms with E-state index >= 15 is 0 Å². The molecule has 1 fully saturated rings. The zero-order valence-corrected chi connectivity index (χ0v) is 9.90. The van der Waals surface area contributed by atoms with Crippen molar-refractivity contribution in [2.75, 3.05) is 13.1 Å². The minimum Gasteiger partial charge on any atom is -0.299 e. The fraction of sp³-hybridized carbons (Fsp3) is 1.00. The van der Waals surface area contributed by atoms with Crippen LogP contribution in [-0.4, -0.2) is 35.0 Å². The van der Waals surface area contributed by atoms with Gasteiger partial charge in [-0.05, 0) is 19.3 Å². The average Bonchev–Trinajstić information content (AvgIpc) is 2.28. The van der Waals surface area contributed by atoms with Gasteiger partial charge in [-0.3, -0.25) is 4.90 Å². The molecule has 5 heteroatoms. The molecule has 3 unspecified atom stereocenters. The highest BCUT2D eigenvalue weighted by Crippen LogP contribution is 2.30. The highest BCUT2D eigenvalue weighted by molar-refractivity contribution is 9.09. The van der Waals surface area contributed by atoms with Gasteiger partial charge in [0.25, 0.3) is 0 Å². The standard InChI is InChI=1S/C9H15BrF3N/c1-6-3-7(2)14(4-6)5-8(10)9(11,12)13/h6-8H,3-5H2,1-2H3. The number of likely N-dealkylation sites (tertiary alicyclic amines) is 1. The normalized spacial score (nSPS) is 32.1. The van der Waals surface area contributed by atoms with E-state index in [1.54, 1.807) is 0 Å². The van der Waals surface area contributed by atoms with Crippen molar-refractivity contribution in [3.05, 3.63) is 0 Å². The van der Waals surface area contributed by atoms with Crippen molar-refractivity contribution >= 4 is 15.9 Å². The van der Waals surface area contributed by atoms with Gasteiger partial charge in [-0.25, -0.2) is 0 Å². The van der Waals surface area contributed by atoms with Crippen LogP contribution in [-0.2, 0) is 0 Å². The lowest BCUT2D eigenvalue weighted by molar-refractivity contribution is -0.130. The van der Waals surface area contributed by atoms with Gasteiger partial charge in [-0.2, -0.15) is 13.2 Å². The van der Waals surface area contributed by atoms with E-state index in [4.69, 9.17) is 0 Å². The number of hydrogen-bond donors (Lipinski definition) is 0. The zero-order valence-electron chi connectivity index (χ0n) is 8.31. The molecule has 1 rings (SSSR count). The van der Waals surface area contributed by atoms with Gasteiger partial charge in [-0.15, -0.1) is 0 Å². The molecule has 0 aliphatic carbocycles. The smallest absolute Gasteiger partial charge is 0.299 e. The quantitative estimate of drug-likeness (QED) is 0.699. The SMILES string of the molecule is CC1CC(C)N(CC(Br)C(F)(F)F)C1. The third-order valence-corrected chi connectivity index (χ3v) is 3.47. The molecule has 0 radical (unpaired) electrons. The van der Waals surface area contributed by atoms with Crippen molar-refractivity contribution in [1.82, 2.24) is 4.90 Å². The summed E-state index contributed by atoms with van der Waals surface area (Å²) < 4.78 is 36.8. The first-order valence-electron chi connectivity index (χ1n) is 4.75. The highest BCUT2D eigenvalue weighted by Gasteiger charge is 2.40. The molecular formula is C9H15BrF3N. The van der Waals surface area contributed by atoms with Crippen LogP contribution in [0, 0.1) is 5.92 Å². The van der Waals surface area contributed by atoms with Gasteiger partial charge < -0.3 is 0 Å². The summed E-state index contributed by atoms with van der Waals surface area (Å²) in [6.45, 7) is 4.90. The van der Waals surface area contributed by atoms with Crippen molar-refractivity contribution < 1.29 is 13.2 Å². The fourth-order valence-electron chi connectivity index (χ4n) is 1.95. The Hall–Kier alpha value is 0.230. The molecule has 3 atom stereocenters. The van der Waals surface area contributed by atoms with Crippen LogP contribution >= 0.6 is 15.9 Å². The maximum Gasteiger partial charge on any atom is 0.402 e. The third-order valence-electron chi connectivity index (χ3n) is 2.66. The molecule has 0 aromatic rings. The number of alkyl halides is 4. The van der Waals surface area contributed by atoms with E-state index < -0.39 is 11.0 Å². The van der Waals surface area contributed by atoms with E-state index in [2.05, 4.69) is 22.9 Å². The average molecular weight is 274 g/mol. The number of nitrogens with zero attached hydrogens (tertiary/aromatic N) is 1. The fourth-order valence-corrected chi connectivity index (χ4v) is 2.32. The Morgan fingerprint density at radius 3 is 2.36 bits per heavy atom. The van der Waals surface area contributed by atoms with E-state index in [1.165, 1.54) is 0 Å². The number of halogens is 4. The van der Waals surface area contributed by atoms with Crippen LogP contribution in [0.4, 0.5) is 13.2 Å². The van der Waals surface area contributed by atoms with Crippen LogP contribution < -0.4 is 0 Å². The van der Waals surface area contributed by atoms with Crippen LogP contribution in [0.15, 0.2) is 0 Å². The maximum absolute atomic E-state index is 12.3. The first-order chi connectivity index (χ1) is 6.30. The summed E-state index contributed by atoms with van der Waals surface area (Å²) in [4.78, 5) is 0.500. The Bertz CT molecular complexity index is 195. The van der Waals surface area contributed by atoms with E-state index in [-0.39, 0.29) is 12.6 Å².